The van der Waals surface area contributed by atoms with E-state index in [0.29, 0.717) is 24.0 Å². The molecule has 0 fully saturated rings. The van der Waals surface area contributed by atoms with Crippen LogP contribution in [0, 0.1) is 6.92 Å². The van der Waals surface area contributed by atoms with Crippen LogP contribution in [0.15, 0.2) is 42.5 Å². The third-order valence-electron chi connectivity index (χ3n) is 3.58. The van der Waals surface area contributed by atoms with Crippen molar-refractivity contribution in [2.24, 2.45) is 0 Å². The number of hydrogen-bond acceptors (Lipinski definition) is 6. The van der Waals surface area contributed by atoms with Gasteiger partial charge in [-0.3, -0.25) is 0 Å². The van der Waals surface area contributed by atoms with E-state index in [0.717, 1.165) is 11.1 Å². The number of halogens is 3. The van der Waals surface area contributed by atoms with Crippen LogP contribution in [0.4, 0.5) is 25.1 Å². The average molecular weight is 379 g/mol. The number of nitrogens with zero attached hydrogens (tertiary/aromatic N) is 2. The molecule has 1 heterocycles. The van der Waals surface area contributed by atoms with Gasteiger partial charge in [-0.1, -0.05) is 12.1 Å². The fourth-order valence-corrected chi connectivity index (χ4v) is 2.35. The molecular formula is C17H16F3N5O2. The van der Waals surface area contributed by atoms with Gasteiger partial charge in [-0.2, -0.15) is 4.98 Å². The van der Waals surface area contributed by atoms with E-state index in [1.54, 1.807) is 6.07 Å². The van der Waals surface area contributed by atoms with Crippen molar-refractivity contribution in [2.75, 3.05) is 11.1 Å². The summed E-state index contributed by atoms with van der Waals surface area (Å²) in [6.07, 6.45) is -4.73. The first-order valence-electron chi connectivity index (χ1n) is 7.84. The summed E-state index contributed by atoms with van der Waals surface area (Å²) in [7, 11) is 0. The Morgan fingerprint density at radius 1 is 1.11 bits per heavy atom. The van der Waals surface area contributed by atoms with Crippen LogP contribution in [0.2, 0.25) is 0 Å². The lowest BCUT2D eigenvalue weighted by Crippen LogP contribution is -2.16. The van der Waals surface area contributed by atoms with Crippen molar-refractivity contribution < 1.29 is 22.6 Å². The topological polar surface area (TPSA) is 98.1 Å². The van der Waals surface area contributed by atoms with Gasteiger partial charge in [-0.05, 0) is 42.8 Å². The normalized spacial score (nSPS) is 11.3. The zero-order valence-electron chi connectivity index (χ0n) is 14.2. The number of anilines is 2. The number of nitrogens with one attached hydrogen (secondary N) is 2. The van der Waals surface area contributed by atoms with E-state index in [2.05, 4.69) is 25.2 Å². The lowest BCUT2D eigenvalue weighted by molar-refractivity contribution is -0.274. The molecule has 0 unspecified atom stereocenters. The number of rotatable bonds is 6. The number of aromatic amines is 1. The Bertz CT molecular complexity index is 910. The first-order chi connectivity index (χ1) is 12.8. The molecule has 0 atom stereocenters. The number of aromatic nitrogens is 3. The third-order valence-corrected chi connectivity index (χ3v) is 3.58. The van der Waals surface area contributed by atoms with Gasteiger partial charge in [0.25, 0.3) is 0 Å². The number of nitrogen functional groups attached to an aromatic ring is 1. The Kier molecular flexibility index (Phi) is 5.06. The van der Waals surface area contributed by atoms with Gasteiger partial charge in [0.2, 0.25) is 11.9 Å². The van der Waals surface area contributed by atoms with Crippen molar-refractivity contribution in [1.29, 1.82) is 0 Å². The predicted octanol–water partition coefficient (Wildman–Crippen LogP) is 4.00. The Hall–Kier alpha value is -3.43. The van der Waals surface area contributed by atoms with Gasteiger partial charge in [0.05, 0.1) is 0 Å². The SMILES string of the molecule is Cc1cccc(Oc2ccc(OC(F)(F)F)cc2)c1CNc1n[nH]c(N)n1. The summed E-state index contributed by atoms with van der Waals surface area (Å²) < 4.78 is 46.4. The van der Waals surface area contributed by atoms with E-state index in [1.807, 2.05) is 19.1 Å². The molecule has 10 heteroatoms. The Labute approximate surface area is 152 Å². The summed E-state index contributed by atoms with van der Waals surface area (Å²) in [5, 5.41) is 9.45. The van der Waals surface area contributed by atoms with Gasteiger partial charge >= 0.3 is 6.36 Å². The summed E-state index contributed by atoms with van der Waals surface area (Å²) in [6, 6.07) is 10.7. The molecule has 0 radical (unpaired) electrons. The van der Waals surface area contributed by atoms with Crippen LogP contribution in [0.5, 0.6) is 17.2 Å². The molecule has 0 aliphatic rings. The lowest BCUT2D eigenvalue weighted by Gasteiger charge is -2.14. The average Bonchev–Trinajstić information content (AvgIpc) is 3.00. The number of hydrogen-bond donors (Lipinski definition) is 3. The molecule has 3 aromatic rings. The highest BCUT2D eigenvalue weighted by atomic mass is 19.4. The third kappa shape index (κ3) is 5.03. The fourth-order valence-electron chi connectivity index (χ4n) is 2.35. The molecule has 4 N–H and O–H groups in total. The Morgan fingerprint density at radius 2 is 1.81 bits per heavy atom. The minimum absolute atomic E-state index is 0.194. The van der Waals surface area contributed by atoms with Crippen molar-refractivity contribution in [3.63, 3.8) is 0 Å². The Balaban J connectivity index is 1.73. The van der Waals surface area contributed by atoms with E-state index in [4.69, 9.17) is 10.5 Å². The smallest absolute Gasteiger partial charge is 0.457 e. The van der Waals surface area contributed by atoms with Crippen LogP contribution in [0.25, 0.3) is 0 Å². The van der Waals surface area contributed by atoms with Gasteiger partial charge in [0, 0.05) is 12.1 Å². The molecule has 0 amide bonds. The minimum atomic E-state index is -4.73. The van der Waals surface area contributed by atoms with Crippen molar-refractivity contribution in [3.8, 4) is 17.2 Å². The molecule has 0 saturated carbocycles. The quantitative estimate of drug-likeness (QED) is 0.599. The number of benzene rings is 2. The highest BCUT2D eigenvalue weighted by Gasteiger charge is 2.31. The first kappa shape index (κ1) is 18.4. The predicted molar refractivity (Wildman–Crippen MR) is 92.5 cm³/mol. The van der Waals surface area contributed by atoms with Crippen LogP contribution in [0.3, 0.4) is 0 Å². The largest absolute Gasteiger partial charge is 0.573 e. The van der Waals surface area contributed by atoms with Gasteiger partial charge in [0.1, 0.15) is 17.2 Å². The van der Waals surface area contributed by atoms with E-state index >= 15 is 0 Å². The van der Waals surface area contributed by atoms with Gasteiger partial charge in [-0.25, -0.2) is 5.10 Å². The second-order valence-corrected chi connectivity index (χ2v) is 5.57. The number of nitrogens with two attached hydrogens (primary N) is 1. The standard InChI is InChI=1S/C17H16F3N5O2/c1-10-3-2-4-14(13(10)9-22-16-23-15(21)24-25-16)26-11-5-7-12(8-6-11)27-17(18,19)20/h2-8H,9H2,1H3,(H4,21,22,23,24,25). The summed E-state index contributed by atoms with van der Waals surface area (Å²) >= 11 is 0. The summed E-state index contributed by atoms with van der Waals surface area (Å²) in [4.78, 5) is 3.96. The maximum absolute atomic E-state index is 12.2. The van der Waals surface area contributed by atoms with Crippen molar-refractivity contribution in [1.82, 2.24) is 15.2 Å². The van der Waals surface area contributed by atoms with Gasteiger partial charge < -0.3 is 20.5 Å². The molecule has 0 saturated heterocycles. The van der Waals surface area contributed by atoms with E-state index < -0.39 is 6.36 Å². The van der Waals surface area contributed by atoms with E-state index in [9.17, 15) is 13.2 Å². The molecule has 2 aromatic carbocycles. The molecule has 0 aliphatic carbocycles. The van der Waals surface area contributed by atoms with Crippen LogP contribution in [-0.4, -0.2) is 21.5 Å². The van der Waals surface area contributed by atoms with Crippen molar-refractivity contribution in [2.45, 2.75) is 19.8 Å². The van der Waals surface area contributed by atoms with Crippen LogP contribution in [-0.2, 0) is 6.54 Å². The van der Waals surface area contributed by atoms with E-state index in [-0.39, 0.29) is 11.7 Å². The molecule has 0 bridgehead atoms. The lowest BCUT2D eigenvalue weighted by atomic mass is 10.1. The maximum Gasteiger partial charge on any atom is 0.573 e. The van der Waals surface area contributed by atoms with Gasteiger partial charge in [-0.15, -0.1) is 18.3 Å². The highest BCUT2D eigenvalue weighted by Crippen LogP contribution is 2.30. The molecular weight excluding hydrogens is 363 g/mol. The second kappa shape index (κ2) is 7.44. The molecule has 7 nitrogen and oxygen atoms in total. The molecule has 3 rings (SSSR count). The number of aryl methyl sites for hydroxylation is 1. The molecule has 0 spiro atoms. The summed E-state index contributed by atoms with van der Waals surface area (Å²) in [5.41, 5.74) is 7.29. The van der Waals surface area contributed by atoms with Crippen LogP contribution in [0.1, 0.15) is 11.1 Å². The second-order valence-electron chi connectivity index (χ2n) is 5.57. The monoisotopic (exact) mass is 379 g/mol. The van der Waals surface area contributed by atoms with Gasteiger partial charge in [0.15, 0.2) is 0 Å². The molecule has 142 valence electrons. The highest BCUT2D eigenvalue weighted by molar-refractivity contribution is 5.45. The molecule has 0 aliphatic heterocycles. The molecule has 1 aromatic heterocycles. The summed E-state index contributed by atoms with van der Waals surface area (Å²) in [6.45, 7) is 2.28. The number of alkyl halides is 3. The summed E-state index contributed by atoms with van der Waals surface area (Å²) in [5.74, 6) is 1.15. The number of H-pyrrole nitrogens is 1. The number of ether oxygens (including phenoxy) is 2. The van der Waals surface area contributed by atoms with Crippen molar-refractivity contribution >= 4 is 11.9 Å². The minimum Gasteiger partial charge on any atom is -0.457 e. The maximum atomic E-state index is 12.2. The Morgan fingerprint density at radius 3 is 2.44 bits per heavy atom. The van der Waals surface area contributed by atoms with Crippen LogP contribution < -0.4 is 20.5 Å². The van der Waals surface area contributed by atoms with E-state index in [1.165, 1.54) is 24.3 Å². The van der Waals surface area contributed by atoms with Crippen LogP contribution >= 0.6 is 0 Å². The zero-order valence-corrected chi connectivity index (χ0v) is 14.2. The molecule has 27 heavy (non-hydrogen) atoms. The zero-order chi connectivity index (χ0) is 19.4. The first-order valence-corrected chi connectivity index (χ1v) is 7.84. The van der Waals surface area contributed by atoms with Crippen molar-refractivity contribution in [3.05, 3.63) is 53.6 Å². The fraction of sp³-hybridized carbons (Fsp3) is 0.176.